The molecule has 3 aliphatic rings. The topological polar surface area (TPSA) is 143 Å². The van der Waals surface area contributed by atoms with Crippen molar-refractivity contribution in [2.24, 2.45) is 0 Å². The Bertz CT molecular complexity index is 1620. The summed E-state index contributed by atoms with van der Waals surface area (Å²) in [6.07, 6.45) is 0.582. The molecule has 3 aliphatic heterocycles. The van der Waals surface area contributed by atoms with Crippen molar-refractivity contribution in [2.45, 2.75) is 50.4 Å². The fourth-order valence-electron chi connectivity index (χ4n) is 5.32. The van der Waals surface area contributed by atoms with Gasteiger partial charge in [-0.25, -0.2) is 0 Å². The Morgan fingerprint density at radius 2 is 1.64 bits per heavy atom. The number of nitrogens with zero attached hydrogens (tertiary/aromatic N) is 2. The maximum absolute atomic E-state index is 12.9. The molecule has 3 aromatic carbocycles. The van der Waals surface area contributed by atoms with Crippen LogP contribution in [-0.4, -0.2) is 72.8 Å². The standard InChI is InChI=1S/C25H27N3O5.C7H8O3S/c29-23-9-8-21(24(30)26-23)28-15-20-19(25(28)31)2-1-3-22(20)33-16-18-6-4-17(5-7-18)14-27-10-12-32-13-11-27;1-6-2-4-7(5-3-6)11(8,9)10/h1-7,21H,8-16H2,(H,26,29,30);2-5H,1H3,(H,8,9,10)/t21-;/m0./s1. The summed E-state index contributed by atoms with van der Waals surface area (Å²) in [5.41, 5.74) is 4.60. The Morgan fingerprint density at radius 1 is 0.955 bits per heavy atom. The summed E-state index contributed by atoms with van der Waals surface area (Å²) >= 11 is 0. The number of morpholine rings is 1. The number of nitrogens with one attached hydrogen (secondary N) is 1. The number of hydrogen-bond donors (Lipinski definition) is 2. The number of amides is 3. The van der Waals surface area contributed by atoms with Crippen LogP contribution in [0.2, 0.25) is 0 Å². The van der Waals surface area contributed by atoms with E-state index in [9.17, 15) is 22.8 Å². The Labute approximate surface area is 256 Å². The smallest absolute Gasteiger partial charge is 0.294 e. The van der Waals surface area contributed by atoms with Gasteiger partial charge >= 0.3 is 0 Å². The van der Waals surface area contributed by atoms with Crippen LogP contribution < -0.4 is 10.1 Å². The molecule has 0 saturated carbocycles. The van der Waals surface area contributed by atoms with Gasteiger partial charge < -0.3 is 14.4 Å². The largest absolute Gasteiger partial charge is 0.489 e. The van der Waals surface area contributed by atoms with Crippen LogP contribution in [0.25, 0.3) is 0 Å². The van der Waals surface area contributed by atoms with Crippen molar-refractivity contribution in [3.8, 4) is 5.75 Å². The van der Waals surface area contributed by atoms with Crippen molar-refractivity contribution in [3.05, 3.63) is 94.5 Å². The van der Waals surface area contributed by atoms with Gasteiger partial charge in [0.05, 0.1) is 24.7 Å². The molecule has 0 radical (unpaired) electrons. The van der Waals surface area contributed by atoms with E-state index in [1.807, 2.05) is 13.0 Å². The zero-order valence-electron chi connectivity index (χ0n) is 24.4. The number of aryl methyl sites for hydroxylation is 1. The molecule has 3 amide bonds. The van der Waals surface area contributed by atoms with E-state index in [2.05, 4.69) is 34.5 Å². The molecule has 12 heteroatoms. The van der Waals surface area contributed by atoms with E-state index in [0.29, 0.717) is 30.9 Å². The minimum Gasteiger partial charge on any atom is -0.489 e. The summed E-state index contributed by atoms with van der Waals surface area (Å²) in [5.74, 6) is -0.252. The molecular weight excluding hydrogens is 586 g/mol. The number of piperidine rings is 1. The number of carbonyl (C=O) groups is 3. The summed E-state index contributed by atoms with van der Waals surface area (Å²) in [6, 6.07) is 19.2. The van der Waals surface area contributed by atoms with Gasteiger partial charge in [0.15, 0.2) is 0 Å². The third-order valence-corrected chi connectivity index (χ3v) is 8.65. The van der Waals surface area contributed by atoms with Crippen LogP contribution in [0.4, 0.5) is 0 Å². The van der Waals surface area contributed by atoms with E-state index in [1.165, 1.54) is 17.7 Å². The molecule has 0 bridgehead atoms. The number of carbonyl (C=O) groups excluding carboxylic acids is 3. The van der Waals surface area contributed by atoms with E-state index in [1.54, 1.807) is 29.2 Å². The summed E-state index contributed by atoms with van der Waals surface area (Å²) in [7, 11) is -4.02. The van der Waals surface area contributed by atoms with Gasteiger partial charge in [0.25, 0.3) is 16.0 Å². The van der Waals surface area contributed by atoms with E-state index in [-0.39, 0.29) is 23.1 Å². The summed E-state index contributed by atoms with van der Waals surface area (Å²) in [4.78, 5) is 40.5. The van der Waals surface area contributed by atoms with Crippen LogP contribution >= 0.6 is 0 Å². The van der Waals surface area contributed by atoms with E-state index in [0.717, 1.165) is 49.5 Å². The van der Waals surface area contributed by atoms with Gasteiger partial charge in [-0.3, -0.25) is 29.2 Å². The lowest BCUT2D eigenvalue weighted by atomic mass is 10.0. The molecule has 2 N–H and O–H groups in total. The molecule has 0 spiro atoms. The first-order valence-electron chi connectivity index (χ1n) is 14.4. The average molecular weight is 622 g/mol. The van der Waals surface area contributed by atoms with Gasteiger partial charge in [0.1, 0.15) is 18.4 Å². The summed E-state index contributed by atoms with van der Waals surface area (Å²) in [6.45, 7) is 6.93. The second-order valence-corrected chi connectivity index (χ2v) is 12.4. The van der Waals surface area contributed by atoms with Gasteiger partial charge in [-0.1, -0.05) is 48.0 Å². The first kappa shape index (κ1) is 31.3. The molecule has 3 aromatic rings. The quantitative estimate of drug-likeness (QED) is 0.301. The molecule has 0 aromatic heterocycles. The SMILES string of the molecule is Cc1ccc(S(=O)(=O)O)cc1.O=C1CC[C@H](N2Cc3c(OCc4ccc(CN5CCOCC5)cc4)cccc3C2=O)C(=O)N1. The third-order valence-electron chi connectivity index (χ3n) is 7.79. The third kappa shape index (κ3) is 7.69. The lowest BCUT2D eigenvalue weighted by Gasteiger charge is -2.29. The van der Waals surface area contributed by atoms with Crippen LogP contribution in [0, 0.1) is 6.92 Å². The molecule has 44 heavy (non-hydrogen) atoms. The zero-order chi connectivity index (χ0) is 31.3. The predicted molar refractivity (Wildman–Crippen MR) is 160 cm³/mol. The van der Waals surface area contributed by atoms with Crippen LogP contribution in [0.1, 0.15) is 45.5 Å². The maximum atomic E-state index is 12.9. The average Bonchev–Trinajstić information content (AvgIpc) is 3.34. The highest BCUT2D eigenvalue weighted by molar-refractivity contribution is 7.85. The van der Waals surface area contributed by atoms with Crippen LogP contribution in [0.5, 0.6) is 5.75 Å². The number of imide groups is 1. The Morgan fingerprint density at radius 3 is 2.30 bits per heavy atom. The van der Waals surface area contributed by atoms with Gasteiger partial charge in [-0.15, -0.1) is 0 Å². The number of rotatable bonds is 7. The Kier molecular flexibility index (Phi) is 9.74. The van der Waals surface area contributed by atoms with Crippen molar-refractivity contribution in [1.82, 2.24) is 15.1 Å². The van der Waals surface area contributed by atoms with E-state index in [4.69, 9.17) is 14.0 Å². The molecule has 2 fully saturated rings. The second kappa shape index (κ2) is 13.7. The van der Waals surface area contributed by atoms with Crippen molar-refractivity contribution in [2.75, 3.05) is 26.3 Å². The zero-order valence-corrected chi connectivity index (χ0v) is 25.2. The monoisotopic (exact) mass is 621 g/mol. The predicted octanol–water partition coefficient (Wildman–Crippen LogP) is 3.10. The molecule has 3 heterocycles. The summed E-state index contributed by atoms with van der Waals surface area (Å²) in [5, 5.41) is 2.33. The van der Waals surface area contributed by atoms with Gasteiger partial charge in [0.2, 0.25) is 11.8 Å². The van der Waals surface area contributed by atoms with Crippen molar-refractivity contribution < 1.29 is 36.8 Å². The van der Waals surface area contributed by atoms with E-state index >= 15 is 0 Å². The van der Waals surface area contributed by atoms with Crippen molar-refractivity contribution in [3.63, 3.8) is 0 Å². The molecule has 232 valence electrons. The number of benzene rings is 3. The molecule has 6 rings (SSSR count). The number of fused-ring (bicyclic) bond motifs is 1. The van der Waals surface area contributed by atoms with Crippen LogP contribution in [0.15, 0.2) is 71.6 Å². The number of ether oxygens (including phenoxy) is 2. The summed E-state index contributed by atoms with van der Waals surface area (Å²) < 4.78 is 41.0. The van der Waals surface area contributed by atoms with Crippen molar-refractivity contribution >= 4 is 27.8 Å². The highest BCUT2D eigenvalue weighted by Crippen LogP contribution is 2.34. The number of hydrogen-bond acceptors (Lipinski definition) is 8. The fraction of sp³-hybridized carbons (Fsp3) is 0.344. The van der Waals surface area contributed by atoms with E-state index < -0.39 is 22.1 Å². The normalized spacial score (nSPS) is 18.7. The lowest BCUT2D eigenvalue weighted by molar-refractivity contribution is -0.136. The molecule has 11 nitrogen and oxygen atoms in total. The van der Waals surface area contributed by atoms with Crippen molar-refractivity contribution in [1.29, 1.82) is 0 Å². The maximum Gasteiger partial charge on any atom is 0.294 e. The minimum absolute atomic E-state index is 0.0666. The molecular formula is C32H35N3O8S. The van der Waals surface area contributed by atoms with Gasteiger partial charge in [0, 0.05) is 37.2 Å². The highest BCUT2D eigenvalue weighted by atomic mass is 32.2. The van der Waals surface area contributed by atoms with Crippen LogP contribution in [-0.2, 0) is 44.1 Å². The molecule has 0 unspecified atom stereocenters. The molecule has 2 saturated heterocycles. The second-order valence-electron chi connectivity index (χ2n) is 11.0. The first-order valence-corrected chi connectivity index (χ1v) is 15.8. The first-order chi connectivity index (χ1) is 21.1. The minimum atomic E-state index is -4.02. The van der Waals surface area contributed by atoms with Gasteiger partial charge in [-0.05, 0) is 48.7 Å². The Balaban J connectivity index is 0.000000296. The Hall–Kier alpha value is -4.10. The molecule has 1 atom stereocenters. The van der Waals surface area contributed by atoms with Gasteiger partial charge in [-0.2, -0.15) is 8.42 Å². The highest BCUT2D eigenvalue weighted by Gasteiger charge is 2.40. The fourth-order valence-corrected chi connectivity index (χ4v) is 5.80. The van der Waals surface area contributed by atoms with Crippen LogP contribution in [0.3, 0.4) is 0 Å². The molecule has 0 aliphatic carbocycles. The lowest BCUT2D eigenvalue weighted by Crippen LogP contribution is -2.52.